The average Bonchev–Trinajstić information content (AvgIpc) is 2.71. The van der Waals surface area contributed by atoms with E-state index in [0.717, 1.165) is 42.5 Å². The van der Waals surface area contributed by atoms with Crippen molar-refractivity contribution in [3.05, 3.63) is 71.8 Å². The molecule has 1 aliphatic carbocycles. The van der Waals surface area contributed by atoms with Gasteiger partial charge in [0, 0.05) is 29.6 Å². The lowest BCUT2D eigenvalue weighted by Crippen LogP contribution is -2.49. The summed E-state index contributed by atoms with van der Waals surface area (Å²) in [6.07, 6.45) is 3.24. The summed E-state index contributed by atoms with van der Waals surface area (Å²) in [6, 6.07) is 18.3. The average molecular weight is 386 g/mol. The van der Waals surface area contributed by atoms with Crippen LogP contribution in [0.25, 0.3) is 5.57 Å². The normalized spacial score (nSPS) is 28.0. The summed E-state index contributed by atoms with van der Waals surface area (Å²) in [5.74, 6) is -0.633. The minimum atomic E-state index is -0.633. The Labute approximate surface area is 165 Å². The molecule has 0 aromatic heterocycles. The van der Waals surface area contributed by atoms with Gasteiger partial charge in [0.15, 0.2) is 0 Å². The van der Waals surface area contributed by atoms with Gasteiger partial charge in [-0.3, -0.25) is 0 Å². The van der Waals surface area contributed by atoms with Crippen molar-refractivity contribution in [1.82, 2.24) is 0 Å². The fourth-order valence-corrected chi connectivity index (χ4v) is 3.76. The molecule has 0 amide bonds. The summed E-state index contributed by atoms with van der Waals surface area (Å²) in [4.78, 5) is 11.4. The third kappa shape index (κ3) is 4.36. The van der Waals surface area contributed by atoms with E-state index in [2.05, 4.69) is 24.0 Å². The minimum Gasteiger partial charge on any atom is -0.382 e. The fourth-order valence-electron chi connectivity index (χ4n) is 3.63. The smallest absolute Gasteiger partial charge is 0.201 e. The topological polar surface area (TPSA) is 39.7 Å². The minimum absolute atomic E-state index is 0.308. The van der Waals surface area contributed by atoms with Crippen molar-refractivity contribution >= 4 is 22.9 Å². The van der Waals surface area contributed by atoms with E-state index < -0.39 is 5.79 Å². The molecule has 0 radical (unpaired) electrons. The zero-order valence-corrected chi connectivity index (χ0v) is 16.0. The molecular formula is C22H24ClNO3. The lowest BCUT2D eigenvalue weighted by Gasteiger charge is -2.43. The van der Waals surface area contributed by atoms with Crippen molar-refractivity contribution in [2.24, 2.45) is 0 Å². The van der Waals surface area contributed by atoms with Gasteiger partial charge in [0.25, 0.3) is 0 Å². The van der Waals surface area contributed by atoms with E-state index in [9.17, 15) is 0 Å². The van der Waals surface area contributed by atoms with Gasteiger partial charge in [-0.1, -0.05) is 48.5 Å². The van der Waals surface area contributed by atoms with E-state index in [1.807, 2.05) is 42.5 Å². The van der Waals surface area contributed by atoms with Crippen molar-refractivity contribution in [1.29, 1.82) is 0 Å². The molecule has 2 fully saturated rings. The van der Waals surface area contributed by atoms with Gasteiger partial charge in [-0.2, -0.15) is 0 Å². The first kappa shape index (κ1) is 18.5. The van der Waals surface area contributed by atoms with Crippen LogP contribution in [0.5, 0.6) is 0 Å². The number of hydrogen-bond donors (Lipinski definition) is 1. The van der Waals surface area contributed by atoms with Crippen LogP contribution in [-0.2, 0) is 14.5 Å². The molecule has 1 heterocycles. The Kier molecular flexibility index (Phi) is 5.50. The first-order chi connectivity index (χ1) is 13.1. The molecule has 0 bridgehead atoms. The Morgan fingerprint density at radius 1 is 1.04 bits per heavy atom. The second kappa shape index (κ2) is 8.03. The summed E-state index contributed by atoms with van der Waals surface area (Å²) in [5, 5.41) is 4.28. The predicted molar refractivity (Wildman–Crippen MR) is 107 cm³/mol. The summed E-state index contributed by atoms with van der Waals surface area (Å²) >= 11 is 5.95. The largest absolute Gasteiger partial charge is 0.382 e. The molecule has 5 heteroatoms. The standard InChI is InChI=1S/C22H24ClNO3/c1-16(17-7-9-18(23)10-8-17)21-15-25-22(27-26-21)13-11-20(12-14-22)24-19-5-3-2-4-6-19/h2-10,20-21,24H,1,11-15H2. The van der Waals surface area contributed by atoms with Gasteiger partial charge in [-0.05, 0) is 48.2 Å². The first-order valence-corrected chi connectivity index (χ1v) is 9.76. The van der Waals surface area contributed by atoms with Crippen LogP contribution in [0.1, 0.15) is 31.2 Å². The molecule has 142 valence electrons. The molecule has 4 rings (SSSR count). The van der Waals surface area contributed by atoms with Crippen LogP contribution in [0.4, 0.5) is 5.69 Å². The van der Waals surface area contributed by atoms with Crippen molar-refractivity contribution in [3.63, 3.8) is 0 Å². The Balaban J connectivity index is 1.29. The third-order valence-electron chi connectivity index (χ3n) is 5.31. The van der Waals surface area contributed by atoms with Crippen LogP contribution in [0.15, 0.2) is 61.2 Å². The Morgan fingerprint density at radius 2 is 1.74 bits per heavy atom. The lowest BCUT2D eigenvalue weighted by molar-refractivity contribution is -0.483. The number of para-hydroxylation sites is 1. The fraction of sp³-hybridized carbons (Fsp3) is 0.364. The van der Waals surface area contributed by atoms with Crippen LogP contribution in [0.2, 0.25) is 5.02 Å². The van der Waals surface area contributed by atoms with Crippen molar-refractivity contribution < 1.29 is 14.5 Å². The summed E-state index contributed by atoms with van der Waals surface area (Å²) in [6.45, 7) is 4.58. The number of benzene rings is 2. The van der Waals surface area contributed by atoms with Crippen LogP contribution < -0.4 is 5.32 Å². The van der Waals surface area contributed by atoms with Gasteiger partial charge in [-0.15, -0.1) is 0 Å². The van der Waals surface area contributed by atoms with E-state index in [1.54, 1.807) is 0 Å². The van der Waals surface area contributed by atoms with E-state index >= 15 is 0 Å². The van der Waals surface area contributed by atoms with Gasteiger partial charge < -0.3 is 10.1 Å². The number of nitrogens with one attached hydrogen (secondary N) is 1. The molecule has 2 aliphatic rings. The number of anilines is 1. The van der Waals surface area contributed by atoms with Gasteiger partial charge >= 0.3 is 0 Å². The number of halogens is 1. The molecular weight excluding hydrogens is 362 g/mol. The Hall–Kier alpha value is -1.85. The second-order valence-corrected chi connectivity index (χ2v) is 7.64. The molecule has 1 spiro atoms. The van der Waals surface area contributed by atoms with Gasteiger partial charge in [0.05, 0.1) is 6.61 Å². The highest BCUT2D eigenvalue weighted by Gasteiger charge is 2.43. The number of rotatable bonds is 4. The molecule has 1 unspecified atom stereocenters. The molecule has 1 aliphatic heterocycles. The highest BCUT2D eigenvalue weighted by atomic mass is 35.5. The molecule has 27 heavy (non-hydrogen) atoms. The van der Waals surface area contributed by atoms with Gasteiger partial charge in [-0.25, -0.2) is 9.78 Å². The molecule has 4 nitrogen and oxygen atoms in total. The highest BCUT2D eigenvalue weighted by molar-refractivity contribution is 6.30. The summed E-state index contributed by atoms with van der Waals surface area (Å²) in [7, 11) is 0. The zero-order chi connectivity index (χ0) is 18.7. The van der Waals surface area contributed by atoms with Gasteiger partial charge in [0.1, 0.15) is 6.10 Å². The van der Waals surface area contributed by atoms with E-state index in [1.165, 1.54) is 0 Å². The SMILES string of the molecule is C=C(c1ccc(Cl)cc1)C1COC2(CCC(Nc3ccccc3)CC2)OO1. The van der Waals surface area contributed by atoms with Crippen molar-refractivity contribution in [2.75, 3.05) is 11.9 Å². The number of ether oxygens (including phenoxy) is 1. The maximum absolute atomic E-state index is 6.12. The summed E-state index contributed by atoms with van der Waals surface area (Å²) < 4.78 is 6.12. The van der Waals surface area contributed by atoms with Gasteiger partial charge in [0.2, 0.25) is 5.79 Å². The molecule has 1 saturated carbocycles. The van der Waals surface area contributed by atoms with Crippen LogP contribution in [-0.4, -0.2) is 24.5 Å². The monoisotopic (exact) mass is 385 g/mol. The second-order valence-electron chi connectivity index (χ2n) is 7.21. The summed E-state index contributed by atoms with van der Waals surface area (Å²) in [5.41, 5.74) is 2.96. The van der Waals surface area contributed by atoms with Crippen LogP contribution in [0, 0.1) is 0 Å². The highest BCUT2D eigenvalue weighted by Crippen LogP contribution is 2.38. The van der Waals surface area contributed by atoms with Crippen LogP contribution in [0.3, 0.4) is 0 Å². The first-order valence-electron chi connectivity index (χ1n) is 9.38. The van der Waals surface area contributed by atoms with E-state index in [-0.39, 0.29) is 6.10 Å². The maximum Gasteiger partial charge on any atom is 0.201 e. The van der Waals surface area contributed by atoms with E-state index in [0.29, 0.717) is 17.7 Å². The lowest BCUT2D eigenvalue weighted by atomic mass is 9.89. The van der Waals surface area contributed by atoms with E-state index in [4.69, 9.17) is 26.1 Å². The molecule has 1 atom stereocenters. The third-order valence-corrected chi connectivity index (χ3v) is 5.56. The Morgan fingerprint density at radius 3 is 2.37 bits per heavy atom. The quantitative estimate of drug-likeness (QED) is 0.710. The zero-order valence-electron chi connectivity index (χ0n) is 15.2. The molecule has 1 saturated heterocycles. The maximum atomic E-state index is 6.12. The Bertz CT molecular complexity index is 760. The molecule has 2 aromatic rings. The van der Waals surface area contributed by atoms with Crippen molar-refractivity contribution in [2.45, 2.75) is 43.6 Å². The van der Waals surface area contributed by atoms with Crippen LogP contribution >= 0.6 is 11.6 Å². The molecule has 1 N–H and O–H groups in total. The predicted octanol–water partition coefficient (Wildman–Crippen LogP) is 5.45. The van der Waals surface area contributed by atoms with Crippen molar-refractivity contribution in [3.8, 4) is 0 Å². The number of hydrogen-bond acceptors (Lipinski definition) is 4. The molecule has 2 aromatic carbocycles.